The maximum Gasteiger partial charge on any atom is 0.348 e. The molecule has 0 radical (unpaired) electrons. The van der Waals surface area contributed by atoms with Gasteiger partial charge in [0.1, 0.15) is 11.4 Å². The lowest BCUT2D eigenvalue weighted by molar-refractivity contribution is -0.222. The maximum absolute atomic E-state index is 14.4. The molecule has 0 bridgehead atoms. The molecule has 2 saturated heterocycles. The number of hydrogen-bond donors (Lipinski definition) is 0. The van der Waals surface area contributed by atoms with Crippen LogP contribution < -0.4 is 0 Å². The van der Waals surface area contributed by atoms with Gasteiger partial charge in [0.05, 0.1) is 0 Å². The summed E-state index contributed by atoms with van der Waals surface area (Å²) < 4.78 is 24.5. The summed E-state index contributed by atoms with van der Waals surface area (Å²) in [5.41, 5.74) is 0.796. The highest BCUT2D eigenvalue weighted by molar-refractivity contribution is 6.18. The van der Waals surface area contributed by atoms with Crippen LogP contribution in [-0.4, -0.2) is 35.7 Å². The Labute approximate surface area is 146 Å². The first kappa shape index (κ1) is 17.6. The lowest BCUT2D eigenvalue weighted by atomic mass is 10.1. The minimum atomic E-state index is -1.28. The fourth-order valence-corrected chi connectivity index (χ4v) is 3.09. The van der Waals surface area contributed by atoms with Crippen LogP contribution in [0.5, 0.6) is 0 Å². The quantitative estimate of drug-likeness (QED) is 0.478. The van der Waals surface area contributed by atoms with Crippen molar-refractivity contribution in [2.24, 2.45) is 0 Å². The highest BCUT2D eigenvalue weighted by Gasteiger charge is 2.38. The fourth-order valence-electron chi connectivity index (χ4n) is 3.09. The summed E-state index contributed by atoms with van der Waals surface area (Å²) in [6, 6.07) is 4.71. The van der Waals surface area contributed by atoms with Gasteiger partial charge in [0.15, 0.2) is 0 Å². The van der Waals surface area contributed by atoms with E-state index in [1.807, 2.05) is 0 Å². The Balaban J connectivity index is 1.76. The first-order chi connectivity index (χ1) is 11.8. The second kappa shape index (κ2) is 6.96. The average molecular weight is 347 g/mol. The molecule has 1 aromatic rings. The molecule has 1 aromatic carbocycles. The van der Waals surface area contributed by atoms with Crippen molar-refractivity contribution in [3.8, 4) is 0 Å². The van der Waals surface area contributed by atoms with Crippen LogP contribution in [0.1, 0.15) is 44.2 Å². The van der Waals surface area contributed by atoms with Gasteiger partial charge in [-0.05, 0) is 43.6 Å². The second-order valence-corrected chi connectivity index (χ2v) is 6.92. The molecule has 3 rings (SSSR count). The van der Waals surface area contributed by atoms with Crippen LogP contribution >= 0.6 is 0 Å². The fraction of sp³-hybridized carbons (Fsp3) is 0.474. The summed E-state index contributed by atoms with van der Waals surface area (Å²) in [5, 5.41) is 0. The summed E-state index contributed by atoms with van der Waals surface area (Å²) in [4.78, 5) is 26.1. The van der Waals surface area contributed by atoms with Crippen molar-refractivity contribution >= 4 is 18.0 Å². The molecule has 25 heavy (non-hydrogen) atoms. The SMILES string of the molecule is CC1(C)OC(=O)C(=Cc2ccc(CN3CCCCC3)c(F)c2)C(=O)O1. The van der Waals surface area contributed by atoms with E-state index in [1.165, 1.54) is 32.4 Å². The van der Waals surface area contributed by atoms with Crippen molar-refractivity contribution < 1.29 is 23.5 Å². The van der Waals surface area contributed by atoms with E-state index in [0.29, 0.717) is 17.7 Å². The molecule has 0 amide bonds. The minimum absolute atomic E-state index is 0.234. The number of carbonyl (C=O) groups excluding carboxylic acids is 2. The smallest absolute Gasteiger partial charge is 0.348 e. The third-order valence-electron chi connectivity index (χ3n) is 4.35. The first-order valence-electron chi connectivity index (χ1n) is 8.53. The molecule has 2 fully saturated rings. The van der Waals surface area contributed by atoms with Gasteiger partial charge in [-0.3, -0.25) is 4.90 Å². The molecule has 0 atom stereocenters. The molecule has 5 nitrogen and oxygen atoms in total. The Morgan fingerprint density at radius 1 is 1.12 bits per heavy atom. The van der Waals surface area contributed by atoms with Crippen molar-refractivity contribution in [2.45, 2.75) is 45.4 Å². The molecule has 2 aliphatic rings. The van der Waals surface area contributed by atoms with Crippen LogP contribution in [0, 0.1) is 5.82 Å². The standard InChI is InChI=1S/C19H22FNO4/c1-19(2)24-17(22)15(18(23)25-19)10-13-6-7-14(16(20)11-13)12-21-8-4-3-5-9-21/h6-7,10-11H,3-5,8-9,12H2,1-2H3. The van der Waals surface area contributed by atoms with Gasteiger partial charge in [-0.25, -0.2) is 14.0 Å². The van der Waals surface area contributed by atoms with Crippen LogP contribution in [0.25, 0.3) is 6.08 Å². The highest BCUT2D eigenvalue weighted by atomic mass is 19.1. The van der Waals surface area contributed by atoms with Crippen molar-refractivity contribution in [3.63, 3.8) is 0 Å². The third-order valence-corrected chi connectivity index (χ3v) is 4.35. The Kier molecular flexibility index (Phi) is 4.90. The van der Waals surface area contributed by atoms with Crippen LogP contribution in [0.15, 0.2) is 23.8 Å². The number of likely N-dealkylation sites (tertiary alicyclic amines) is 1. The van der Waals surface area contributed by atoms with Crippen molar-refractivity contribution in [1.29, 1.82) is 0 Å². The first-order valence-corrected chi connectivity index (χ1v) is 8.53. The van der Waals surface area contributed by atoms with E-state index in [4.69, 9.17) is 9.47 Å². The van der Waals surface area contributed by atoms with Gasteiger partial charge in [-0.1, -0.05) is 18.6 Å². The number of carbonyl (C=O) groups is 2. The van der Waals surface area contributed by atoms with Gasteiger partial charge in [-0.2, -0.15) is 0 Å². The number of hydrogen-bond acceptors (Lipinski definition) is 5. The summed E-state index contributed by atoms with van der Waals surface area (Å²) >= 11 is 0. The normalized spacial score (nSPS) is 20.8. The predicted octanol–water partition coefficient (Wildman–Crippen LogP) is 3.03. The van der Waals surface area contributed by atoms with Crippen LogP contribution in [0.4, 0.5) is 4.39 Å². The third kappa shape index (κ3) is 4.25. The Morgan fingerprint density at radius 3 is 2.36 bits per heavy atom. The lowest BCUT2D eigenvalue weighted by Gasteiger charge is -2.29. The Morgan fingerprint density at radius 2 is 1.76 bits per heavy atom. The van der Waals surface area contributed by atoms with Gasteiger partial charge in [0, 0.05) is 26.0 Å². The van der Waals surface area contributed by atoms with E-state index < -0.39 is 17.7 Å². The number of benzene rings is 1. The van der Waals surface area contributed by atoms with Gasteiger partial charge in [0.25, 0.3) is 5.79 Å². The molecular formula is C19H22FNO4. The molecule has 134 valence electrons. The summed E-state index contributed by atoms with van der Waals surface area (Å²) in [7, 11) is 0. The molecule has 0 N–H and O–H groups in total. The molecule has 2 heterocycles. The number of piperidine rings is 1. The number of rotatable bonds is 3. The largest absolute Gasteiger partial charge is 0.419 e. The summed E-state index contributed by atoms with van der Waals surface area (Å²) in [6.07, 6.45) is 4.82. The zero-order chi connectivity index (χ0) is 18.0. The van der Waals surface area contributed by atoms with E-state index in [0.717, 1.165) is 25.9 Å². The monoisotopic (exact) mass is 347 g/mol. The van der Waals surface area contributed by atoms with E-state index in [-0.39, 0.29) is 11.4 Å². The Bertz CT molecular complexity index is 698. The number of ether oxygens (including phenoxy) is 2. The van der Waals surface area contributed by atoms with Gasteiger partial charge in [-0.15, -0.1) is 0 Å². The van der Waals surface area contributed by atoms with E-state index in [1.54, 1.807) is 12.1 Å². The molecule has 0 unspecified atom stereocenters. The molecule has 2 aliphatic heterocycles. The van der Waals surface area contributed by atoms with E-state index in [9.17, 15) is 14.0 Å². The van der Waals surface area contributed by atoms with Gasteiger partial charge in [0.2, 0.25) is 0 Å². The minimum Gasteiger partial charge on any atom is -0.419 e. The number of nitrogens with zero attached hydrogens (tertiary/aromatic N) is 1. The zero-order valence-electron chi connectivity index (χ0n) is 14.5. The van der Waals surface area contributed by atoms with Crippen molar-refractivity contribution in [1.82, 2.24) is 4.90 Å². The molecule has 0 spiro atoms. The van der Waals surface area contributed by atoms with Gasteiger partial charge < -0.3 is 9.47 Å². The molecule has 0 saturated carbocycles. The summed E-state index contributed by atoms with van der Waals surface area (Å²) in [6.45, 7) is 5.50. The number of esters is 2. The lowest BCUT2D eigenvalue weighted by Crippen LogP contribution is -2.41. The van der Waals surface area contributed by atoms with Crippen LogP contribution in [0.3, 0.4) is 0 Å². The van der Waals surface area contributed by atoms with E-state index >= 15 is 0 Å². The zero-order valence-corrected chi connectivity index (χ0v) is 14.5. The molecule has 0 aromatic heterocycles. The molecular weight excluding hydrogens is 325 g/mol. The molecule has 0 aliphatic carbocycles. The van der Waals surface area contributed by atoms with Crippen LogP contribution in [0.2, 0.25) is 0 Å². The maximum atomic E-state index is 14.4. The highest BCUT2D eigenvalue weighted by Crippen LogP contribution is 2.25. The predicted molar refractivity (Wildman–Crippen MR) is 89.8 cm³/mol. The van der Waals surface area contributed by atoms with Gasteiger partial charge >= 0.3 is 11.9 Å². The second-order valence-electron chi connectivity index (χ2n) is 6.92. The van der Waals surface area contributed by atoms with Crippen molar-refractivity contribution in [3.05, 3.63) is 40.7 Å². The van der Waals surface area contributed by atoms with Crippen molar-refractivity contribution in [2.75, 3.05) is 13.1 Å². The molecule has 6 heteroatoms. The number of halogens is 1. The topological polar surface area (TPSA) is 55.8 Å². The summed E-state index contributed by atoms with van der Waals surface area (Å²) in [5.74, 6) is -3.16. The number of cyclic esters (lactones) is 2. The average Bonchev–Trinajstić information content (AvgIpc) is 2.53. The van der Waals surface area contributed by atoms with E-state index in [2.05, 4.69) is 4.90 Å². The van der Waals surface area contributed by atoms with Crippen LogP contribution in [-0.2, 0) is 25.6 Å². The Hall–Kier alpha value is -2.21.